The molecule has 0 unspecified atom stereocenters. The van der Waals surface area contributed by atoms with E-state index in [1.807, 2.05) is 11.8 Å². The lowest BCUT2D eigenvalue weighted by molar-refractivity contribution is 0.836. The summed E-state index contributed by atoms with van der Waals surface area (Å²) >= 11 is 1.86. The summed E-state index contributed by atoms with van der Waals surface area (Å²) in [6.45, 7) is 0.801. The topological polar surface area (TPSA) is 26.0 Å². The minimum Gasteiger partial charge on any atom is -0.330 e. The first-order valence-corrected chi connectivity index (χ1v) is 4.65. The maximum atomic E-state index is 5.39. The predicted octanol–water partition coefficient (Wildman–Crippen LogP) is 1.91. The molecule has 1 aliphatic heterocycles. The van der Waals surface area contributed by atoms with Crippen molar-refractivity contribution >= 4 is 11.8 Å². The molecule has 0 aliphatic carbocycles. The van der Waals surface area contributed by atoms with Crippen LogP contribution in [0.1, 0.15) is 12.8 Å². The number of allylic oxidation sites excluding steroid dienone is 2. The second-order valence-corrected chi connectivity index (χ2v) is 3.22. The van der Waals surface area contributed by atoms with Crippen LogP contribution in [-0.2, 0) is 0 Å². The van der Waals surface area contributed by atoms with Gasteiger partial charge in [0.25, 0.3) is 0 Å². The predicted molar refractivity (Wildman–Crippen MR) is 48.0 cm³/mol. The molecule has 1 nitrogen and oxygen atoms in total. The summed E-state index contributed by atoms with van der Waals surface area (Å²) in [5, 5.41) is 2.23. The summed E-state index contributed by atoms with van der Waals surface area (Å²) in [5.41, 5.74) is 6.82. The maximum Gasteiger partial charge on any atom is 0.0158 e. The summed E-state index contributed by atoms with van der Waals surface area (Å²) in [5.74, 6) is 1.13. The third-order valence-corrected chi connectivity index (χ3v) is 2.28. The first kappa shape index (κ1) is 7.89. The van der Waals surface area contributed by atoms with Crippen molar-refractivity contribution in [3.05, 3.63) is 23.1 Å². The standard InChI is InChI=1S/C8H13NS/c9-5-1-3-8-4-2-6-10-7-8/h2,4,7H,1,3,5-6,9H2. The van der Waals surface area contributed by atoms with Crippen molar-refractivity contribution in [2.75, 3.05) is 12.3 Å². The second-order valence-electron chi connectivity index (χ2n) is 2.32. The molecule has 0 spiro atoms. The zero-order chi connectivity index (χ0) is 7.23. The Labute approximate surface area is 66.4 Å². The van der Waals surface area contributed by atoms with E-state index in [0.29, 0.717) is 0 Å². The second kappa shape index (κ2) is 4.58. The highest BCUT2D eigenvalue weighted by atomic mass is 32.2. The highest BCUT2D eigenvalue weighted by molar-refractivity contribution is 8.02. The van der Waals surface area contributed by atoms with E-state index in [1.54, 1.807) is 0 Å². The van der Waals surface area contributed by atoms with Crippen molar-refractivity contribution in [3.63, 3.8) is 0 Å². The van der Waals surface area contributed by atoms with Crippen LogP contribution < -0.4 is 5.73 Å². The number of nitrogens with two attached hydrogens (primary N) is 1. The fraction of sp³-hybridized carbons (Fsp3) is 0.500. The van der Waals surface area contributed by atoms with Crippen molar-refractivity contribution < 1.29 is 0 Å². The number of rotatable bonds is 3. The van der Waals surface area contributed by atoms with Gasteiger partial charge in [-0.25, -0.2) is 0 Å². The van der Waals surface area contributed by atoms with Crippen LogP contribution in [0.4, 0.5) is 0 Å². The smallest absolute Gasteiger partial charge is 0.0158 e. The third-order valence-electron chi connectivity index (χ3n) is 1.43. The summed E-state index contributed by atoms with van der Waals surface area (Å²) < 4.78 is 0. The van der Waals surface area contributed by atoms with Crippen LogP contribution in [0, 0.1) is 0 Å². The minimum atomic E-state index is 0.801. The van der Waals surface area contributed by atoms with E-state index in [4.69, 9.17) is 5.73 Å². The van der Waals surface area contributed by atoms with E-state index in [-0.39, 0.29) is 0 Å². The van der Waals surface area contributed by atoms with E-state index < -0.39 is 0 Å². The number of hydrogen-bond acceptors (Lipinski definition) is 2. The van der Waals surface area contributed by atoms with Crippen LogP contribution >= 0.6 is 11.8 Å². The Hall–Kier alpha value is -0.210. The van der Waals surface area contributed by atoms with Crippen LogP contribution in [0.3, 0.4) is 0 Å². The van der Waals surface area contributed by atoms with E-state index in [9.17, 15) is 0 Å². The highest BCUT2D eigenvalue weighted by Gasteiger charge is 1.95. The molecule has 10 heavy (non-hydrogen) atoms. The Morgan fingerprint density at radius 2 is 2.50 bits per heavy atom. The maximum absolute atomic E-state index is 5.39. The van der Waals surface area contributed by atoms with Gasteiger partial charge < -0.3 is 5.73 Å². The monoisotopic (exact) mass is 155 g/mol. The van der Waals surface area contributed by atoms with E-state index in [1.165, 1.54) is 5.57 Å². The Kier molecular flexibility index (Phi) is 3.62. The number of thioether (sulfide) groups is 1. The van der Waals surface area contributed by atoms with Gasteiger partial charge in [0, 0.05) is 5.75 Å². The molecule has 2 N–H and O–H groups in total. The first-order valence-electron chi connectivity index (χ1n) is 3.61. The molecular weight excluding hydrogens is 142 g/mol. The van der Waals surface area contributed by atoms with E-state index in [2.05, 4.69) is 17.6 Å². The van der Waals surface area contributed by atoms with Gasteiger partial charge in [-0.1, -0.05) is 12.2 Å². The third kappa shape index (κ3) is 2.58. The van der Waals surface area contributed by atoms with Crippen LogP contribution in [0.2, 0.25) is 0 Å². The lowest BCUT2D eigenvalue weighted by atomic mass is 10.1. The highest BCUT2D eigenvalue weighted by Crippen LogP contribution is 2.17. The Bertz CT molecular complexity index is 149. The molecule has 0 radical (unpaired) electrons. The molecule has 0 aromatic carbocycles. The van der Waals surface area contributed by atoms with Crippen molar-refractivity contribution in [1.29, 1.82) is 0 Å². The van der Waals surface area contributed by atoms with Crippen molar-refractivity contribution in [2.45, 2.75) is 12.8 Å². The van der Waals surface area contributed by atoms with Gasteiger partial charge in [-0.05, 0) is 30.4 Å². The number of hydrogen-bond donors (Lipinski definition) is 1. The summed E-state index contributed by atoms with van der Waals surface area (Å²) in [7, 11) is 0. The Balaban J connectivity index is 2.26. The molecule has 0 fully saturated rings. The molecule has 0 bridgehead atoms. The van der Waals surface area contributed by atoms with E-state index >= 15 is 0 Å². The van der Waals surface area contributed by atoms with Crippen molar-refractivity contribution in [3.8, 4) is 0 Å². The minimum absolute atomic E-state index is 0.801. The SMILES string of the molecule is NCCCC1=CSCC=C1. The lowest BCUT2D eigenvalue weighted by Crippen LogP contribution is -1.98. The zero-order valence-electron chi connectivity index (χ0n) is 6.05. The molecule has 0 amide bonds. The summed E-state index contributed by atoms with van der Waals surface area (Å²) in [6, 6.07) is 0. The molecule has 1 rings (SSSR count). The van der Waals surface area contributed by atoms with Gasteiger partial charge in [0.15, 0.2) is 0 Å². The molecule has 1 heterocycles. The van der Waals surface area contributed by atoms with Gasteiger partial charge in [0.05, 0.1) is 0 Å². The molecule has 0 aromatic heterocycles. The fourth-order valence-corrected chi connectivity index (χ4v) is 1.61. The first-order chi connectivity index (χ1) is 4.93. The largest absolute Gasteiger partial charge is 0.330 e. The molecule has 0 saturated carbocycles. The zero-order valence-corrected chi connectivity index (χ0v) is 6.86. The molecule has 1 aliphatic rings. The van der Waals surface area contributed by atoms with Crippen LogP contribution in [-0.4, -0.2) is 12.3 Å². The lowest BCUT2D eigenvalue weighted by Gasteiger charge is -2.04. The summed E-state index contributed by atoms with van der Waals surface area (Å²) in [4.78, 5) is 0. The fourth-order valence-electron chi connectivity index (χ4n) is 0.898. The van der Waals surface area contributed by atoms with Gasteiger partial charge >= 0.3 is 0 Å². The molecule has 0 atom stereocenters. The molecular formula is C8H13NS. The Morgan fingerprint density at radius 1 is 1.60 bits per heavy atom. The van der Waals surface area contributed by atoms with Gasteiger partial charge in [0.2, 0.25) is 0 Å². The molecule has 56 valence electrons. The average Bonchev–Trinajstić information content (AvgIpc) is 2.03. The van der Waals surface area contributed by atoms with Gasteiger partial charge in [-0.3, -0.25) is 0 Å². The van der Waals surface area contributed by atoms with E-state index in [0.717, 1.165) is 25.1 Å². The van der Waals surface area contributed by atoms with Crippen LogP contribution in [0.5, 0.6) is 0 Å². The van der Waals surface area contributed by atoms with Gasteiger partial charge in [0.1, 0.15) is 0 Å². The van der Waals surface area contributed by atoms with Gasteiger partial charge in [-0.2, -0.15) is 0 Å². The average molecular weight is 155 g/mol. The Morgan fingerprint density at radius 3 is 3.10 bits per heavy atom. The van der Waals surface area contributed by atoms with Crippen LogP contribution in [0.15, 0.2) is 23.1 Å². The summed E-state index contributed by atoms with van der Waals surface area (Å²) in [6.07, 6.45) is 6.65. The van der Waals surface area contributed by atoms with Crippen LogP contribution in [0.25, 0.3) is 0 Å². The quantitative estimate of drug-likeness (QED) is 0.673. The molecule has 0 aromatic rings. The normalized spacial score (nSPS) is 17.1. The van der Waals surface area contributed by atoms with Gasteiger partial charge in [-0.15, -0.1) is 11.8 Å². The van der Waals surface area contributed by atoms with Crippen molar-refractivity contribution in [1.82, 2.24) is 0 Å². The van der Waals surface area contributed by atoms with Crippen molar-refractivity contribution in [2.24, 2.45) is 5.73 Å². The molecule has 0 saturated heterocycles. The molecule has 2 heteroatoms.